The Morgan fingerprint density at radius 2 is 1.80 bits per heavy atom. The van der Waals surface area contributed by atoms with Crippen LogP contribution in [0.2, 0.25) is 0 Å². The zero-order valence-corrected chi connectivity index (χ0v) is 12.6. The molecule has 2 unspecified atom stereocenters. The minimum Gasteiger partial charge on any atom is -0.490 e. The number of rotatable bonds is 8. The van der Waals surface area contributed by atoms with Crippen LogP contribution >= 0.6 is 0 Å². The molecule has 0 aliphatic heterocycles. The molecule has 2 N–H and O–H groups in total. The van der Waals surface area contributed by atoms with Crippen LogP contribution in [0.5, 0.6) is 11.5 Å². The van der Waals surface area contributed by atoms with E-state index in [1.807, 2.05) is 32.0 Å². The highest BCUT2D eigenvalue weighted by atomic mass is 16.5. The largest absolute Gasteiger partial charge is 0.490 e. The summed E-state index contributed by atoms with van der Waals surface area (Å²) in [5, 5.41) is 0. The predicted molar refractivity (Wildman–Crippen MR) is 79.2 cm³/mol. The first-order chi connectivity index (χ1) is 9.71. The topological polar surface area (TPSA) is 53.7 Å². The van der Waals surface area contributed by atoms with E-state index in [0.717, 1.165) is 17.1 Å². The second kappa shape index (κ2) is 6.95. The van der Waals surface area contributed by atoms with E-state index < -0.39 is 0 Å². The summed E-state index contributed by atoms with van der Waals surface area (Å²) < 4.78 is 16.8. The summed E-state index contributed by atoms with van der Waals surface area (Å²) >= 11 is 0. The van der Waals surface area contributed by atoms with Crippen molar-refractivity contribution in [1.29, 1.82) is 0 Å². The maximum atomic E-state index is 6.36. The summed E-state index contributed by atoms with van der Waals surface area (Å²) in [5.74, 6) is 2.12. The van der Waals surface area contributed by atoms with Crippen LogP contribution in [0.1, 0.15) is 38.3 Å². The van der Waals surface area contributed by atoms with E-state index in [2.05, 4.69) is 0 Å². The lowest BCUT2D eigenvalue weighted by atomic mass is 9.98. The van der Waals surface area contributed by atoms with Gasteiger partial charge in [0.15, 0.2) is 11.5 Å². The zero-order chi connectivity index (χ0) is 14.5. The number of methoxy groups -OCH3 is 1. The van der Waals surface area contributed by atoms with Crippen molar-refractivity contribution in [2.45, 2.75) is 38.8 Å². The van der Waals surface area contributed by atoms with Gasteiger partial charge >= 0.3 is 0 Å². The maximum Gasteiger partial charge on any atom is 0.161 e. The number of nitrogens with two attached hydrogens (primary N) is 1. The number of benzene rings is 1. The molecule has 0 heterocycles. The second-order valence-corrected chi connectivity index (χ2v) is 5.14. The van der Waals surface area contributed by atoms with Gasteiger partial charge in [0, 0.05) is 7.11 Å². The van der Waals surface area contributed by atoms with Crippen LogP contribution in [0, 0.1) is 5.92 Å². The molecule has 2 atom stereocenters. The Balaban J connectivity index is 2.20. The third kappa shape index (κ3) is 3.44. The SMILES string of the molecule is CCOc1ccc(C(N)C(OC)C2CC2)cc1OCC. The number of ether oxygens (including phenoxy) is 3. The van der Waals surface area contributed by atoms with E-state index in [9.17, 15) is 0 Å². The Bertz CT molecular complexity index is 432. The van der Waals surface area contributed by atoms with Crippen LogP contribution in [0.25, 0.3) is 0 Å². The third-order valence-corrected chi connectivity index (χ3v) is 3.67. The molecule has 0 spiro atoms. The van der Waals surface area contributed by atoms with Gasteiger partial charge in [-0.2, -0.15) is 0 Å². The van der Waals surface area contributed by atoms with Crippen molar-refractivity contribution in [3.05, 3.63) is 23.8 Å². The van der Waals surface area contributed by atoms with Gasteiger partial charge in [-0.25, -0.2) is 0 Å². The lowest BCUT2D eigenvalue weighted by molar-refractivity contribution is 0.0623. The van der Waals surface area contributed by atoms with E-state index in [-0.39, 0.29) is 12.1 Å². The summed E-state index contributed by atoms with van der Waals surface area (Å²) in [5.41, 5.74) is 7.40. The molecule has 0 aromatic heterocycles. The molecule has 0 amide bonds. The Labute approximate surface area is 121 Å². The molecule has 4 nitrogen and oxygen atoms in total. The Morgan fingerprint density at radius 3 is 2.35 bits per heavy atom. The molecule has 112 valence electrons. The molecule has 1 saturated carbocycles. The monoisotopic (exact) mass is 279 g/mol. The first-order valence-corrected chi connectivity index (χ1v) is 7.39. The van der Waals surface area contributed by atoms with Gasteiger partial charge in [0.2, 0.25) is 0 Å². The van der Waals surface area contributed by atoms with Crippen molar-refractivity contribution < 1.29 is 14.2 Å². The fourth-order valence-corrected chi connectivity index (χ4v) is 2.52. The van der Waals surface area contributed by atoms with Crippen LogP contribution in [-0.4, -0.2) is 26.4 Å². The average Bonchev–Trinajstić information content (AvgIpc) is 3.26. The molecule has 0 saturated heterocycles. The van der Waals surface area contributed by atoms with E-state index in [1.165, 1.54) is 12.8 Å². The fraction of sp³-hybridized carbons (Fsp3) is 0.625. The van der Waals surface area contributed by atoms with Gasteiger partial charge in [0.05, 0.1) is 25.4 Å². The van der Waals surface area contributed by atoms with Gasteiger partial charge in [-0.3, -0.25) is 0 Å². The van der Waals surface area contributed by atoms with Crippen LogP contribution in [-0.2, 0) is 4.74 Å². The zero-order valence-electron chi connectivity index (χ0n) is 12.6. The molecule has 2 rings (SSSR count). The molecule has 1 aliphatic rings. The van der Waals surface area contributed by atoms with Crippen LogP contribution in [0.3, 0.4) is 0 Å². The Kier molecular flexibility index (Phi) is 5.26. The smallest absolute Gasteiger partial charge is 0.161 e. The highest BCUT2D eigenvalue weighted by Gasteiger charge is 2.36. The van der Waals surface area contributed by atoms with Gasteiger partial charge in [-0.05, 0) is 50.3 Å². The van der Waals surface area contributed by atoms with E-state index in [0.29, 0.717) is 19.1 Å². The lowest BCUT2D eigenvalue weighted by Crippen LogP contribution is -2.29. The first-order valence-electron chi connectivity index (χ1n) is 7.39. The summed E-state index contributed by atoms with van der Waals surface area (Å²) in [6.07, 6.45) is 2.51. The highest BCUT2D eigenvalue weighted by molar-refractivity contribution is 5.44. The predicted octanol–water partition coefficient (Wildman–Crippen LogP) is 2.91. The van der Waals surface area contributed by atoms with Crippen LogP contribution in [0.4, 0.5) is 0 Å². The van der Waals surface area contributed by atoms with Crippen LogP contribution in [0.15, 0.2) is 18.2 Å². The summed E-state index contributed by atoms with van der Waals surface area (Å²) in [6, 6.07) is 5.80. The van der Waals surface area contributed by atoms with Gasteiger partial charge in [-0.1, -0.05) is 6.07 Å². The molecular weight excluding hydrogens is 254 g/mol. The normalized spacial score (nSPS) is 17.6. The standard InChI is InChI=1S/C16H25NO3/c1-4-19-13-9-8-12(10-14(13)20-5-2)15(17)16(18-3)11-6-7-11/h8-11,15-16H,4-7,17H2,1-3H3. The number of hydrogen-bond donors (Lipinski definition) is 1. The number of hydrogen-bond acceptors (Lipinski definition) is 4. The minimum atomic E-state index is -0.123. The minimum absolute atomic E-state index is 0.0856. The summed E-state index contributed by atoms with van der Waals surface area (Å²) in [6.45, 7) is 5.15. The summed E-state index contributed by atoms with van der Waals surface area (Å²) in [4.78, 5) is 0. The molecule has 4 heteroatoms. The Morgan fingerprint density at radius 1 is 1.15 bits per heavy atom. The first kappa shape index (κ1) is 15.1. The second-order valence-electron chi connectivity index (χ2n) is 5.14. The van der Waals surface area contributed by atoms with Gasteiger partial charge in [-0.15, -0.1) is 0 Å². The average molecular weight is 279 g/mol. The van der Waals surface area contributed by atoms with E-state index in [1.54, 1.807) is 7.11 Å². The molecule has 0 bridgehead atoms. The van der Waals surface area contributed by atoms with Crippen molar-refractivity contribution in [2.24, 2.45) is 11.7 Å². The molecule has 1 aromatic carbocycles. The van der Waals surface area contributed by atoms with E-state index >= 15 is 0 Å². The van der Waals surface area contributed by atoms with Crippen LogP contribution < -0.4 is 15.2 Å². The lowest BCUT2D eigenvalue weighted by Gasteiger charge is -2.23. The Hall–Kier alpha value is -1.26. The molecular formula is C16H25NO3. The molecule has 1 aliphatic carbocycles. The third-order valence-electron chi connectivity index (χ3n) is 3.67. The molecule has 20 heavy (non-hydrogen) atoms. The van der Waals surface area contributed by atoms with E-state index in [4.69, 9.17) is 19.9 Å². The maximum absolute atomic E-state index is 6.36. The highest BCUT2D eigenvalue weighted by Crippen LogP contribution is 2.40. The van der Waals surface area contributed by atoms with Gasteiger partial charge < -0.3 is 19.9 Å². The molecule has 0 radical (unpaired) electrons. The fourth-order valence-electron chi connectivity index (χ4n) is 2.52. The van der Waals surface area contributed by atoms with Crippen molar-refractivity contribution >= 4 is 0 Å². The van der Waals surface area contributed by atoms with Gasteiger partial charge in [0.25, 0.3) is 0 Å². The van der Waals surface area contributed by atoms with Crippen molar-refractivity contribution in [3.8, 4) is 11.5 Å². The van der Waals surface area contributed by atoms with Crippen molar-refractivity contribution in [2.75, 3.05) is 20.3 Å². The van der Waals surface area contributed by atoms with Crippen molar-refractivity contribution in [1.82, 2.24) is 0 Å². The van der Waals surface area contributed by atoms with Crippen molar-refractivity contribution in [3.63, 3.8) is 0 Å². The quantitative estimate of drug-likeness (QED) is 0.795. The summed E-state index contributed by atoms with van der Waals surface area (Å²) in [7, 11) is 1.74. The molecule has 1 fully saturated rings. The van der Waals surface area contributed by atoms with Gasteiger partial charge in [0.1, 0.15) is 0 Å². The molecule has 1 aromatic rings.